The molecule has 2 aromatic carbocycles. The Balaban J connectivity index is 1.63. The number of aryl methyl sites for hydroxylation is 1. The number of aromatic nitrogens is 4. The van der Waals surface area contributed by atoms with Crippen molar-refractivity contribution in [2.24, 2.45) is 0 Å². The molecule has 0 atom stereocenters. The molecule has 0 fully saturated rings. The summed E-state index contributed by atoms with van der Waals surface area (Å²) in [6.07, 6.45) is 3.12. The monoisotopic (exact) mass is 486 g/mol. The number of hydrogen-bond acceptors (Lipinski definition) is 6. The summed E-state index contributed by atoms with van der Waals surface area (Å²) in [5, 5.41) is 24.0. The van der Waals surface area contributed by atoms with E-state index in [1.54, 1.807) is 10.9 Å². The summed E-state index contributed by atoms with van der Waals surface area (Å²) in [6.45, 7) is 4.57. The van der Waals surface area contributed by atoms with E-state index in [1.165, 1.54) is 6.92 Å². The fourth-order valence-electron chi connectivity index (χ4n) is 3.32. The van der Waals surface area contributed by atoms with Gasteiger partial charge in [-0.05, 0) is 54.3 Å². The molecule has 0 aliphatic carbocycles. The van der Waals surface area contributed by atoms with Crippen LogP contribution in [0.2, 0.25) is 0 Å². The van der Waals surface area contributed by atoms with Crippen molar-refractivity contribution in [3.05, 3.63) is 64.5 Å². The van der Waals surface area contributed by atoms with Crippen LogP contribution in [0.4, 0.5) is 0 Å². The summed E-state index contributed by atoms with van der Waals surface area (Å²) in [4.78, 5) is 13.3. The van der Waals surface area contributed by atoms with Gasteiger partial charge in [0.1, 0.15) is 18.1 Å². The van der Waals surface area contributed by atoms with Crippen LogP contribution in [-0.4, -0.2) is 36.4 Å². The second kappa shape index (κ2) is 11.0. The number of phenolic OH excluding ortho intramolecular Hbond substituents is 1. The van der Waals surface area contributed by atoms with Crippen molar-refractivity contribution >= 4 is 21.7 Å². The normalized spacial score (nSPS) is 10.9. The average molecular weight is 487 g/mol. The van der Waals surface area contributed by atoms with Crippen molar-refractivity contribution in [3.63, 3.8) is 0 Å². The van der Waals surface area contributed by atoms with E-state index in [-0.39, 0.29) is 11.5 Å². The predicted molar refractivity (Wildman–Crippen MR) is 122 cm³/mol. The van der Waals surface area contributed by atoms with E-state index in [9.17, 15) is 9.90 Å². The smallest absolute Gasteiger partial charge is 0.179 e. The number of benzene rings is 2. The highest BCUT2D eigenvalue weighted by Crippen LogP contribution is 2.29. The van der Waals surface area contributed by atoms with Crippen molar-refractivity contribution in [1.29, 1.82) is 0 Å². The number of hydrogen-bond donors (Lipinski definition) is 1. The average Bonchev–Trinajstić information content (AvgIpc) is 3.20. The van der Waals surface area contributed by atoms with Gasteiger partial charge < -0.3 is 9.84 Å². The first-order valence-corrected chi connectivity index (χ1v) is 11.5. The van der Waals surface area contributed by atoms with Gasteiger partial charge in [0.2, 0.25) is 0 Å². The fourth-order valence-corrected chi connectivity index (χ4v) is 3.57. The first-order chi connectivity index (χ1) is 15.0. The lowest BCUT2D eigenvalue weighted by Gasteiger charge is -2.14. The summed E-state index contributed by atoms with van der Waals surface area (Å²) in [5.41, 5.74) is 3.09. The molecule has 8 heteroatoms. The van der Waals surface area contributed by atoms with Crippen LogP contribution in [0.5, 0.6) is 11.5 Å². The lowest BCUT2D eigenvalue weighted by Crippen LogP contribution is -2.04. The van der Waals surface area contributed by atoms with Crippen LogP contribution in [0.3, 0.4) is 0 Å². The van der Waals surface area contributed by atoms with Gasteiger partial charge in [0.15, 0.2) is 11.6 Å². The molecule has 0 saturated heterocycles. The fraction of sp³-hybridized carbons (Fsp3) is 0.391. The highest BCUT2D eigenvalue weighted by Gasteiger charge is 2.15. The summed E-state index contributed by atoms with van der Waals surface area (Å²) < 4.78 is 5.94. The Labute approximate surface area is 190 Å². The van der Waals surface area contributed by atoms with Crippen LogP contribution in [-0.2, 0) is 26.0 Å². The largest absolute Gasteiger partial charge is 0.507 e. The predicted octanol–water partition coefficient (Wildman–Crippen LogP) is 4.49. The van der Waals surface area contributed by atoms with Crippen molar-refractivity contribution < 1.29 is 14.6 Å². The quantitative estimate of drug-likeness (QED) is 0.317. The third-order valence-electron chi connectivity index (χ3n) is 4.93. The molecule has 0 amide bonds. The van der Waals surface area contributed by atoms with E-state index in [2.05, 4.69) is 31.3 Å². The minimum Gasteiger partial charge on any atom is -0.507 e. The number of Topliss-reactive ketones (excluding diaryl/α,β-unsaturated/α-hetero) is 1. The summed E-state index contributed by atoms with van der Waals surface area (Å²) in [7, 11) is 0. The van der Waals surface area contributed by atoms with Crippen LogP contribution < -0.4 is 4.74 Å². The molecular weight excluding hydrogens is 460 g/mol. The second-order valence-electron chi connectivity index (χ2n) is 7.36. The Hall–Kier alpha value is -2.74. The van der Waals surface area contributed by atoms with Crippen LogP contribution in [0.25, 0.3) is 0 Å². The van der Waals surface area contributed by atoms with Crippen LogP contribution in [0, 0.1) is 0 Å². The molecule has 1 aromatic heterocycles. The minimum atomic E-state index is -0.143. The summed E-state index contributed by atoms with van der Waals surface area (Å²) in [6, 6.07) is 11.3. The maximum Gasteiger partial charge on any atom is 0.179 e. The molecule has 3 aromatic rings. The Bertz CT molecular complexity index is 1020. The molecule has 0 spiro atoms. The van der Waals surface area contributed by atoms with Crippen LogP contribution >= 0.6 is 15.9 Å². The molecular formula is C23H27BrN4O3. The van der Waals surface area contributed by atoms with Crippen LogP contribution in [0.15, 0.2) is 36.4 Å². The van der Waals surface area contributed by atoms with Crippen molar-refractivity contribution in [3.8, 4) is 11.5 Å². The number of ether oxygens (including phenoxy) is 1. The summed E-state index contributed by atoms with van der Waals surface area (Å²) >= 11 is 3.40. The molecule has 0 bridgehead atoms. The zero-order valence-electron chi connectivity index (χ0n) is 17.8. The van der Waals surface area contributed by atoms with Gasteiger partial charge in [-0.3, -0.25) is 4.79 Å². The van der Waals surface area contributed by atoms with Gasteiger partial charge in [-0.1, -0.05) is 47.5 Å². The van der Waals surface area contributed by atoms with E-state index in [0.29, 0.717) is 30.8 Å². The number of phenols is 1. The van der Waals surface area contributed by atoms with Crippen molar-refractivity contribution in [2.75, 3.05) is 5.33 Å². The van der Waals surface area contributed by atoms with E-state index < -0.39 is 0 Å². The Kier molecular flexibility index (Phi) is 8.17. The first-order valence-electron chi connectivity index (χ1n) is 10.4. The molecule has 0 saturated carbocycles. The number of rotatable bonds is 11. The minimum absolute atomic E-state index is 0.0717. The molecule has 3 rings (SSSR count). The Morgan fingerprint density at radius 3 is 2.65 bits per heavy atom. The number of carbonyl (C=O) groups is 1. The lowest BCUT2D eigenvalue weighted by atomic mass is 9.97. The highest BCUT2D eigenvalue weighted by atomic mass is 79.9. The van der Waals surface area contributed by atoms with Gasteiger partial charge >= 0.3 is 0 Å². The van der Waals surface area contributed by atoms with Gasteiger partial charge in [0, 0.05) is 17.3 Å². The molecule has 0 unspecified atom stereocenters. The number of halogens is 1. The highest BCUT2D eigenvalue weighted by molar-refractivity contribution is 9.09. The number of aromatic hydroxyl groups is 1. The van der Waals surface area contributed by atoms with E-state index in [4.69, 9.17) is 4.74 Å². The maximum absolute atomic E-state index is 11.7. The maximum atomic E-state index is 11.7. The molecule has 0 aliphatic heterocycles. The number of tetrazole rings is 1. The number of alkyl halides is 1. The third-order valence-corrected chi connectivity index (χ3v) is 5.49. The molecule has 1 heterocycles. The number of carbonyl (C=O) groups excluding carboxylic acids is 1. The van der Waals surface area contributed by atoms with Gasteiger partial charge in [0.05, 0.1) is 12.1 Å². The van der Waals surface area contributed by atoms with Crippen molar-refractivity contribution in [2.45, 2.75) is 52.7 Å². The zero-order valence-corrected chi connectivity index (χ0v) is 19.4. The third kappa shape index (κ3) is 6.13. The summed E-state index contributed by atoms with van der Waals surface area (Å²) in [5.74, 6) is 1.35. The SMILES string of the molecule is CCCc1c(COc2ccc(Cc3nnn(CCCBr)n3)cc2)ccc(C(C)=O)c1O. The first kappa shape index (κ1) is 22.9. The molecule has 31 heavy (non-hydrogen) atoms. The van der Waals surface area contributed by atoms with Gasteiger partial charge in [-0.2, -0.15) is 4.80 Å². The van der Waals surface area contributed by atoms with Gasteiger partial charge in [-0.25, -0.2) is 0 Å². The zero-order chi connectivity index (χ0) is 22.2. The standard InChI is InChI=1S/C23H27BrN4O3/c1-3-5-21-18(8-11-20(16(2)29)23(21)30)15-31-19-9-6-17(7-10-19)14-22-25-27-28(26-22)13-4-12-24/h6-11,30H,3-5,12-15H2,1-2H3. The Morgan fingerprint density at radius 2 is 1.97 bits per heavy atom. The topological polar surface area (TPSA) is 90.1 Å². The molecule has 7 nitrogen and oxygen atoms in total. The Morgan fingerprint density at radius 1 is 1.19 bits per heavy atom. The van der Waals surface area contributed by atoms with Gasteiger partial charge in [0.25, 0.3) is 0 Å². The molecule has 0 aliphatic rings. The molecule has 0 radical (unpaired) electrons. The van der Waals surface area contributed by atoms with E-state index >= 15 is 0 Å². The second-order valence-corrected chi connectivity index (χ2v) is 8.15. The lowest BCUT2D eigenvalue weighted by molar-refractivity contribution is 0.101. The molecule has 1 N–H and O–H groups in total. The van der Waals surface area contributed by atoms with Crippen LogP contribution in [0.1, 0.15) is 59.6 Å². The molecule has 164 valence electrons. The number of ketones is 1. The number of nitrogens with zero attached hydrogens (tertiary/aromatic N) is 4. The van der Waals surface area contributed by atoms with E-state index in [1.807, 2.05) is 37.3 Å². The van der Waals surface area contributed by atoms with E-state index in [0.717, 1.165) is 47.2 Å². The van der Waals surface area contributed by atoms with Crippen molar-refractivity contribution in [1.82, 2.24) is 20.2 Å². The van der Waals surface area contributed by atoms with Gasteiger partial charge in [-0.15, -0.1) is 10.2 Å².